The van der Waals surface area contributed by atoms with Crippen molar-refractivity contribution < 1.29 is 36.6 Å². The van der Waals surface area contributed by atoms with Crippen LogP contribution in [0.25, 0.3) is 11.1 Å². The number of ether oxygens (including phenoxy) is 2. The molecule has 0 unspecified atom stereocenters. The van der Waals surface area contributed by atoms with Gasteiger partial charge in [0.2, 0.25) is 5.91 Å². The van der Waals surface area contributed by atoms with Crippen molar-refractivity contribution in [1.29, 1.82) is 0 Å². The number of H-pyrrole nitrogens is 1. The third kappa shape index (κ3) is 6.12. The number of benzene rings is 2. The highest BCUT2D eigenvalue weighted by molar-refractivity contribution is 5.97. The van der Waals surface area contributed by atoms with Crippen LogP contribution < -0.4 is 15.2 Å². The molecule has 190 valence electrons. The smallest absolute Gasteiger partial charge is 0.486 e. The van der Waals surface area contributed by atoms with Crippen LogP contribution in [0.5, 0.6) is 11.5 Å². The lowest BCUT2D eigenvalue weighted by molar-refractivity contribution is -0.274. The maximum absolute atomic E-state index is 15.0. The van der Waals surface area contributed by atoms with Crippen molar-refractivity contribution in [1.82, 2.24) is 15.1 Å². The highest BCUT2D eigenvalue weighted by Gasteiger charge is 2.34. The number of carbonyl (C=O) groups excluding carboxylic acids is 2. The fourth-order valence-corrected chi connectivity index (χ4v) is 3.91. The van der Waals surface area contributed by atoms with E-state index in [2.05, 4.69) is 14.9 Å². The lowest BCUT2D eigenvalue weighted by atomic mass is 10.0. The molecule has 0 bridgehead atoms. The van der Waals surface area contributed by atoms with Crippen molar-refractivity contribution in [2.75, 3.05) is 13.1 Å². The molecule has 4 rings (SSSR count). The van der Waals surface area contributed by atoms with Crippen LogP contribution in [0.3, 0.4) is 0 Å². The van der Waals surface area contributed by atoms with Gasteiger partial charge in [0.15, 0.2) is 6.17 Å². The predicted molar refractivity (Wildman–Crippen MR) is 120 cm³/mol. The van der Waals surface area contributed by atoms with Crippen molar-refractivity contribution in [2.45, 2.75) is 31.5 Å². The number of nitrogens with two attached hydrogens (primary N) is 1. The van der Waals surface area contributed by atoms with E-state index < -0.39 is 30.3 Å². The van der Waals surface area contributed by atoms with Crippen molar-refractivity contribution in [2.24, 2.45) is 5.73 Å². The second-order valence-corrected chi connectivity index (χ2v) is 8.23. The zero-order chi connectivity index (χ0) is 25.9. The predicted octanol–water partition coefficient (Wildman–Crippen LogP) is 3.63. The Kier molecular flexibility index (Phi) is 7.13. The summed E-state index contributed by atoms with van der Waals surface area (Å²) >= 11 is 0. The minimum atomic E-state index is -4.81. The quantitative estimate of drug-likeness (QED) is 0.476. The molecule has 0 aliphatic carbocycles. The SMILES string of the molecule is NC(=O)c1cc(-c2cn[nH]c2)ccc1O[C@@H]1CCN(C(=O)Cc2ccc(OC(F)(F)F)cc2)C[C@@H]1F. The number of primary amides is 1. The third-order valence-corrected chi connectivity index (χ3v) is 5.70. The van der Waals surface area contributed by atoms with Crippen molar-refractivity contribution >= 4 is 11.8 Å². The molecule has 36 heavy (non-hydrogen) atoms. The standard InChI is InChI=1S/C24H22F4N4O4/c25-19-13-32(22(33)9-14-1-4-17(5-2-14)36-24(26,27)28)8-7-21(19)35-20-6-3-15(10-18(20)23(29)34)16-11-30-31-12-16/h1-6,10-12,19,21H,7-9,13H2,(H2,29,34)(H,30,31)/t19-,21+/m0/s1. The molecule has 1 fully saturated rings. The first kappa shape index (κ1) is 25.0. The molecule has 2 atom stereocenters. The van der Waals surface area contributed by atoms with E-state index in [-0.39, 0.29) is 43.2 Å². The second kappa shape index (κ2) is 10.3. The molecule has 3 aromatic rings. The Morgan fingerprint density at radius 1 is 1.14 bits per heavy atom. The number of aromatic nitrogens is 2. The average Bonchev–Trinajstić information content (AvgIpc) is 3.36. The molecule has 2 amide bonds. The summed E-state index contributed by atoms with van der Waals surface area (Å²) in [5, 5.41) is 6.54. The number of rotatable bonds is 7. The van der Waals surface area contributed by atoms with E-state index >= 15 is 0 Å². The normalized spacial score (nSPS) is 18.1. The van der Waals surface area contributed by atoms with E-state index in [1.165, 1.54) is 17.0 Å². The molecule has 0 radical (unpaired) electrons. The number of halogens is 4. The van der Waals surface area contributed by atoms with Gasteiger partial charge in [0.1, 0.15) is 17.6 Å². The van der Waals surface area contributed by atoms with E-state index in [1.54, 1.807) is 30.6 Å². The van der Waals surface area contributed by atoms with Crippen LogP contribution in [-0.4, -0.2) is 58.6 Å². The topological polar surface area (TPSA) is 111 Å². The fourth-order valence-electron chi connectivity index (χ4n) is 3.91. The number of carbonyl (C=O) groups is 2. The Morgan fingerprint density at radius 2 is 1.89 bits per heavy atom. The number of likely N-dealkylation sites (tertiary alicyclic amines) is 1. The van der Waals surface area contributed by atoms with Crippen LogP contribution in [0.4, 0.5) is 17.6 Å². The van der Waals surface area contributed by atoms with Gasteiger partial charge < -0.3 is 20.1 Å². The molecule has 8 nitrogen and oxygen atoms in total. The molecule has 1 aliphatic heterocycles. The Bertz CT molecular complexity index is 1220. The first-order valence-corrected chi connectivity index (χ1v) is 11.0. The van der Waals surface area contributed by atoms with Crippen molar-refractivity contribution in [3.63, 3.8) is 0 Å². The van der Waals surface area contributed by atoms with Gasteiger partial charge in [-0.1, -0.05) is 18.2 Å². The Hall–Kier alpha value is -4.09. The summed E-state index contributed by atoms with van der Waals surface area (Å²) in [6.07, 6.45) is -3.94. The van der Waals surface area contributed by atoms with Crippen molar-refractivity contribution in [3.05, 3.63) is 66.0 Å². The molecule has 1 aliphatic rings. The van der Waals surface area contributed by atoms with Gasteiger partial charge in [-0.25, -0.2) is 4.39 Å². The average molecular weight is 506 g/mol. The Balaban J connectivity index is 1.36. The Labute approximate surface area is 203 Å². The molecule has 0 saturated carbocycles. The first-order chi connectivity index (χ1) is 17.1. The van der Waals surface area contributed by atoms with Crippen LogP contribution in [0.1, 0.15) is 22.3 Å². The lowest BCUT2D eigenvalue weighted by Gasteiger charge is -2.35. The lowest BCUT2D eigenvalue weighted by Crippen LogP contribution is -2.49. The van der Waals surface area contributed by atoms with Crippen molar-refractivity contribution in [3.8, 4) is 22.6 Å². The van der Waals surface area contributed by atoms with Gasteiger partial charge in [0, 0.05) is 24.7 Å². The monoisotopic (exact) mass is 506 g/mol. The molecule has 2 heterocycles. The van der Waals surface area contributed by atoms with E-state index in [9.17, 15) is 27.2 Å². The van der Waals surface area contributed by atoms with Crippen LogP contribution in [0.2, 0.25) is 0 Å². The van der Waals surface area contributed by atoms with Gasteiger partial charge in [-0.2, -0.15) is 5.10 Å². The largest absolute Gasteiger partial charge is 0.573 e. The zero-order valence-corrected chi connectivity index (χ0v) is 18.8. The Morgan fingerprint density at radius 3 is 2.50 bits per heavy atom. The second-order valence-electron chi connectivity index (χ2n) is 8.23. The minimum Gasteiger partial charge on any atom is -0.486 e. The van der Waals surface area contributed by atoms with Gasteiger partial charge in [-0.3, -0.25) is 14.7 Å². The minimum absolute atomic E-state index is 0.0948. The molecule has 0 spiro atoms. The number of amides is 2. The first-order valence-electron chi connectivity index (χ1n) is 11.0. The van der Waals surface area contributed by atoms with E-state index in [0.29, 0.717) is 11.1 Å². The van der Waals surface area contributed by atoms with Crippen LogP contribution in [0.15, 0.2) is 54.9 Å². The number of aromatic amines is 1. The maximum Gasteiger partial charge on any atom is 0.573 e. The molecule has 3 N–H and O–H groups in total. The van der Waals surface area contributed by atoms with Gasteiger partial charge in [0.25, 0.3) is 5.91 Å². The van der Waals surface area contributed by atoms with Crippen LogP contribution in [-0.2, 0) is 11.2 Å². The molecular weight excluding hydrogens is 484 g/mol. The number of nitrogens with zero attached hydrogens (tertiary/aromatic N) is 2. The third-order valence-electron chi connectivity index (χ3n) is 5.70. The fraction of sp³-hybridized carbons (Fsp3) is 0.292. The van der Waals surface area contributed by atoms with E-state index in [1.807, 2.05) is 0 Å². The molecular formula is C24H22F4N4O4. The van der Waals surface area contributed by atoms with E-state index in [4.69, 9.17) is 10.5 Å². The molecule has 1 saturated heterocycles. The highest BCUT2D eigenvalue weighted by atomic mass is 19.4. The van der Waals surface area contributed by atoms with Gasteiger partial charge >= 0.3 is 6.36 Å². The maximum atomic E-state index is 15.0. The summed E-state index contributed by atoms with van der Waals surface area (Å²) in [5.41, 5.74) is 7.48. The molecule has 1 aromatic heterocycles. The van der Waals surface area contributed by atoms with Crippen LogP contribution >= 0.6 is 0 Å². The summed E-state index contributed by atoms with van der Waals surface area (Å²) in [4.78, 5) is 25.9. The summed E-state index contributed by atoms with van der Waals surface area (Å²) in [6.45, 7) is -0.0179. The summed E-state index contributed by atoms with van der Waals surface area (Å²) in [6, 6.07) is 9.70. The number of piperidine rings is 1. The van der Waals surface area contributed by atoms with E-state index in [0.717, 1.165) is 17.7 Å². The molecule has 12 heteroatoms. The summed E-state index contributed by atoms with van der Waals surface area (Å²) < 4.78 is 61.4. The highest BCUT2D eigenvalue weighted by Crippen LogP contribution is 2.29. The molecule has 2 aromatic carbocycles. The number of hydrogen-bond acceptors (Lipinski definition) is 5. The summed E-state index contributed by atoms with van der Waals surface area (Å²) in [7, 11) is 0. The number of hydrogen-bond donors (Lipinski definition) is 2. The number of alkyl halides is 4. The zero-order valence-electron chi connectivity index (χ0n) is 18.8. The van der Waals surface area contributed by atoms with Crippen LogP contribution in [0, 0.1) is 0 Å². The van der Waals surface area contributed by atoms with Gasteiger partial charge in [-0.15, -0.1) is 13.2 Å². The van der Waals surface area contributed by atoms with Gasteiger partial charge in [0.05, 0.1) is 24.7 Å². The number of nitrogens with one attached hydrogen (secondary N) is 1. The van der Waals surface area contributed by atoms with Gasteiger partial charge in [-0.05, 0) is 35.4 Å². The summed E-state index contributed by atoms with van der Waals surface area (Å²) in [5.74, 6) is -1.36.